The van der Waals surface area contributed by atoms with E-state index in [1.165, 1.54) is 0 Å². The summed E-state index contributed by atoms with van der Waals surface area (Å²) in [4.78, 5) is 4.67. The fourth-order valence-electron chi connectivity index (χ4n) is 4.36. The number of benzene rings is 5. The number of para-hydroxylation sites is 1. The molecule has 192 valence electrons. The van der Waals surface area contributed by atoms with Gasteiger partial charge in [0, 0.05) is 12.1 Å². The smallest absolute Gasteiger partial charge is 0.234 e. The summed E-state index contributed by atoms with van der Waals surface area (Å²) < 4.78 is 39.4. The van der Waals surface area contributed by atoms with Gasteiger partial charge in [-0.2, -0.15) is 4.98 Å². The van der Waals surface area contributed by atoms with Crippen LogP contribution in [0.25, 0.3) is 22.2 Å². The lowest BCUT2D eigenvalue weighted by Crippen LogP contribution is -2.07. The van der Waals surface area contributed by atoms with Crippen LogP contribution in [0.5, 0.6) is 11.5 Å². The van der Waals surface area contributed by atoms with Crippen LogP contribution in [-0.2, 0) is 16.4 Å². The molecular formula is C32H24N2O4S. The van der Waals surface area contributed by atoms with E-state index >= 15 is 0 Å². The molecule has 0 saturated heterocycles. The van der Waals surface area contributed by atoms with Crippen LogP contribution in [0.2, 0.25) is 0 Å². The summed E-state index contributed by atoms with van der Waals surface area (Å²) in [5, 5.41) is 4.94. The molecule has 6 rings (SSSR count). The van der Waals surface area contributed by atoms with Gasteiger partial charge in [-0.1, -0.05) is 84.9 Å². The largest absolute Gasteiger partial charge is 0.457 e. The van der Waals surface area contributed by atoms with E-state index in [1.54, 1.807) is 30.3 Å². The molecule has 0 amide bonds. The Morgan fingerprint density at radius 2 is 1.38 bits per heavy atom. The van der Waals surface area contributed by atoms with Gasteiger partial charge in [0.1, 0.15) is 11.5 Å². The number of anilines is 1. The second-order valence-corrected chi connectivity index (χ2v) is 10.8. The van der Waals surface area contributed by atoms with Crippen molar-refractivity contribution >= 4 is 26.5 Å². The van der Waals surface area contributed by atoms with E-state index in [2.05, 4.69) is 10.3 Å². The summed E-state index contributed by atoms with van der Waals surface area (Å²) >= 11 is 0. The van der Waals surface area contributed by atoms with E-state index in [0.717, 1.165) is 22.1 Å². The summed E-state index contributed by atoms with van der Waals surface area (Å²) in [5.41, 5.74) is 1.60. The zero-order valence-electron chi connectivity index (χ0n) is 20.8. The summed E-state index contributed by atoms with van der Waals surface area (Å²) in [6.07, 6.45) is 0. The normalized spacial score (nSPS) is 11.4. The summed E-state index contributed by atoms with van der Waals surface area (Å²) in [6, 6.07) is 39.0. The maximum Gasteiger partial charge on any atom is 0.234 e. The zero-order valence-corrected chi connectivity index (χ0v) is 21.6. The molecule has 7 heteroatoms. The van der Waals surface area contributed by atoms with Crippen molar-refractivity contribution in [1.29, 1.82) is 0 Å². The van der Waals surface area contributed by atoms with Crippen LogP contribution < -0.4 is 10.1 Å². The number of oxazole rings is 1. The third-order valence-electron chi connectivity index (χ3n) is 6.25. The molecular weight excluding hydrogens is 508 g/mol. The van der Waals surface area contributed by atoms with Crippen molar-refractivity contribution in [3.63, 3.8) is 0 Å². The van der Waals surface area contributed by atoms with Gasteiger partial charge in [0.2, 0.25) is 26.6 Å². The number of rotatable bonds is 8. The molecule has 6 nitrogen and oxygen atoms in total. The van der Waals surface area contributed by atoms with E-state index in [1.807, 2.05) is 97.1 Å². The molecule has 0 aliphatic heterocycles. The molecule has 0 bridgehead atoms. The zero-order chi connectivity index (χ0) is 26.7. The van der Waals surface area contributed by atoms with Gasteiger partial charge in [0.05, 0.1) is 4.90 Å². The van der Waals surface area contributed by atoms with Crippen LogP contribution in [0.3, 0.4) is 0 Å². The molecule has 1 aromatic heterocycles. The molecule has 5 aromatic carbocycles. The van der Waals surface area contributed by atoms with Crippen LogP contribution in [-0.4, -0.2) is 13.4 Å². The minimum absolute atomic E-state index is 0.0798. The van der Waals surface area contributed by atoms with Crippen molar-refractivity contribution in [3.8, 4) is 23.0 Å². The predicted molar refractivity (Wildman–Crippen MR) is 152 cm³/mol. The number of nitrogens with one attached hydrogen (secondary N) is 1. The van der Waals surface area contributed by atoms with Crippen LogP contribution >= 0.6 is 0 Å². The Bertz CT molecular complexity index is 1840. The highest BCUT2D eigenvalue weighted by atomic mass is 32.2. The number of sulfone groups is 1. The van der Waals surface area contributed by atoms with Gasteiger partial charge in [-0.15, -0.1) is 0 Å². The van der Waals surface area contributed by atoms with E-state index < -0.39 is 9.84 Å². The van der Waals surface area contributed by atoms with Gasteiger partial charge in [0.15, 0.2) is 0 Å². The quantitative estimate of drug-likeness (QED) is 0.216. The summed E-state index contributed by atoms with van der Waals surface area (Å²) in [5.74, 6) is 1.71. The molecule has 1 heterocycles. The number of hydrogen-bond acceptors (Lipinski definition) is 6. The van der Waals surface area contributed by atoms with Gasteiger partial charge in [-0.3, -0.25) is 0 Å². The molecule has 0 aliphatic carbocycles. The Morgan fingerprint density at radius 1 is 0.718 bits per heavy atom. The van der Waals surface area contributed by atoms with Crippen molar-refractivity contribution in [2.75, 3.05) is 5.32 Å². The SMILES string of the molecule is O=S(=O)(c1ccccc1)c1nc(-c2cccc3ccccc23)oc1NCc1cccc(Oc2ccccc2)c1. The number of aromatic nitrogens is 1. The lowest BCUT2D eigenvalue weighted by atomic mass is 10.0. The van der Waals surface area contributed by atoms with Crippen LogP contribution in [0.15, 0.2) is 142 Å². The van der Waals surface area contributed by atoms with E-state index in [-0.39, 0.29) is 21.7 Å². The monoisotopic (exact) mass is 532 g/mol. The molecule has 0 unspecified atom stereocenters. The maximum atomic E-state index is 13.6. The Kier molecular flexibility index (Phi) is 6.57. The Hall–Kier alpha value is -4.88. The first-order valence-corrected chi connectivity index (χ1v) is 13.9. The van der Waals surface area contributed by atoms with Crippen LogP contribution in [0.4, 0.5) is 5.88 Å². The van der Waals surface area contributed by atoms with E-state index in [9.17, 15) is 8.42 Å². The fraction of sp³-hybridized carbons (Fsp3) is 0.0312. The van der Waals surface area contributed by atoms with Crippen molar-refractivity contribution < 1.29 is 17.6 Å². The predicted octanol–water partition coefficient (Wildman–Crippen LogP) is 7.73. The van der Waals surface area contributed by atoms with E-state index in [4.69, 9.17) is 9.15 Å². The topological polar surface area (TPSA) is 81.4 Å². The first-order valence-electron chi connectivity index (χ1n) is 12.4. The van der Waals surface area contributed by atoms with Gasteiger partial charge in [-0.05, 0) is 58.8 Å². The highest BCUT2D eigenvalue weighted by Gasteiger charge is 2.29. The van der Waals surface area contributed by atoms with Crippen molar-refractivity contribution in [2.45, 2.75) is 16.5 Å². The third kappa shape index (κ3) is 5.12. The first-order chi connectivity index (χ1) is 19.1. The molecule has 0 radical (unpaired) electrons. The minimum atomic E-state index is -3.96. The molecule has 1 N–H and O–H groups in total. The maximum absolute atomic E-state index is 13.6. The minimum Gasteiger partial charge on any atom is -0.457 e. The second-order valence-electron chi connectivity index (χ2n) is 8.91. The molecule has 0 spiro atoms. The number of fused-ring (bicyclic) bond motifs is 1. The van der Waals surface area contributed by atoms with Crippen molar-refractivity contribution in [3.05, 3.63) is 133 Å². The third-order valence-corrected chi connectivity index (χ3v) is 7.93. The highest BCUT2D eigenvalue weighted by Crippen LogP contribution is 2.35. The summed E-state index contributed by atoms with van der Waals surface area (Å²) in [6.45, 7) is 0.299. The lowest BCUT2D eigenvalue weighted by Gasteiger charge is -2.09. The highest BCUT2D eigenvalue weighted by molar-refractivity contribution is 7.91. The number of ether oxygens (including phenoxy) is 1. The Labute approximate surface area is 226 Å². The van der Waals surface area contributed by atoms with Gasteiger partial charge >= 0.3 is 0 Å². The van der Waals surface area contributed by atoms with Gasteiger partial charge in [0.25, 0.3) is 0 Å². The van der Waals surface area contributed by atoms with Crippen molar-refractivity contribution in [2.24, 2.45) is 0 Å². The van der Waals surface area contributed by atoms with Crippen molar-refractivity contribution in [1.82, 2.24) is 4.98 Å². The van der Waals surface area contributed by atoms with E-state index in [0.29, 0.717) is 17.9 Å². The lowest BCUT2D eigenvalue weighted by molar-refractivity contribution is 0.482. The van der Waals surface area contributed by atoms with Crippen LogP contribution in [0, 0.1) is 0 Å². The molecule has 0 atom stereocenters. The average Bonchev–Trinajstić information content (AvgIpc) is 3.42. The standard InChI is InChI=1S/C32H24N2O4S/c35-39(36,27-17-5-2-6-18-27)32-31(38-30(34-32)29-20-10-13-24-12-7-8-19-28(24)29)33-22-23-11-9-16-26(21-23)37-25-14-3-1-4-15-25/h1-21,33H,22H2. The molecule has 6 aromatic rings. The fourth-order valence-corrected chi connectivity index (χ4v) is 5.66. The molecule has 0 aliphatic rings. The first kappa shape index (κ1) is 24.5. The second kappa shape index (κ2) is 10.5. The Balaban J connectivity index is 1.36. The summed E-state index contributed by atoms with van der Waals surface area (Å²) in [7, 11) is -3.96. The molecule has 39 heavy (non-hydrogen) atoms. The van der Waals surface area contributed by atoms with Crippen LogP contribution in [0.1, 0.15) is 5.56 Å². The Morgan fingerprint density at radius 3 is 2.21 bits per heavy atom. The average molecular weight is 533 g/mol. The van der Waals surface area contributed by atoms with Gasteiger partial charge in [-0.25, -0.2) is 8.42 Å². The van der Waals surface area contributed by atoms with Gasteiger partial charge < -0.3 is 14.5 Å². The molecule has 0 saturated carbocycles. The number of nitrogens with zero attached hydrogens (tertiary/aromatic N) is 1. The molecule has 0 fully saturated rings. The number of hydrogen-bond donors (Lipinski definition) is 1.